The SMILES string of the molecule is COc1ccc(C(C)=NCC(=O)c2ccccc2C)c(OC)c1. The fourth-order valence-corrected chi connectivity index (χ4v) is 2.34. The summed E-state index contributed by atoms with van der Waals surface area (Å²) < 4.78 is 10.6. The van der Waals surface area contributed by atoms with Gasteiger partial charge in [0, 0.05) is 22.9 Å². The van der Waals surface area contributed by atoms with Crippen LogP contribution in [0.3, 0.4) is 0 Å². The Hall–Kier alpha value is -2.62. The monoisotopic (exact) mass is 311 g/mol. The number of aliphatic imine (C=N–C) groups is 1. The van der Waals surface area contributed by atoms with E-state index in [0.717, 1.165) is 22.6 Å². The Kier molecular flexibility index (Phi) is 5.52. The number of rotatable bonds is 6. The lowest BCUT2D eigenvalue weighted by molar-refractivity contribution is 0.100. The normalized spacial score (nSPS) is 11.2. The van der Waals surface area contributed by atoms with E-state index in [1.807, 2.05) is 50.2 Å². The molecule has 0 bridgehead atoms. The number of carbonyl (C=O) groups excluding carboxylic acids is 1. The fourth-order valence-electron chi connectivity index (χ4n) is 2.34. The minimum absolute atomic E-state index is 0.00919. The number of aryl methyl sites for hydroxylation is 1. The molecule has 4 nitrogen and oxygen atoms in total. The van der Waals surface area contributed by atoms with Gasteiger partial charge in [-0.2, -0.15) is 0 Å². The van der Waals surface area contributed by atoms with E-state index in [4.69, 9.17) is 9.47 Å². The van der Waals surface area contributed by atoms with Gasteiger partial charge in [-0.25, -0.2) is 0 Å². The molecule has 0 unspecified atom stereocenters. The van der Waals surface area contributed by atoms with Gasteiger partial charge in [0.2, 0.25) is 0 Å². The first-order valence-electron chi connectivity index (χ1n) is 7.39. The van der Waals surface area contributed by atoms with Crippen LogP contribution in [0.2, 0.25) is 0 Å². The van der Waals surface area contributed by atoms with Crippen LogP contribution in [0.4, 0.5) is 0 Å². The summed E-state index contributed by atoms with van der Waals surface area (Å²) in [5.41, 5.74) is 3.29. The lowest BCUT2D eigenvalue weighted by atomic mass is 10.0. The molecule has 0 aliphatic rings. The Balaban J connectivity index is 2.20. The second kappa shape index (κ2) is 7.58. The molecule has 0 fully saturated rings. The number of hydrogen-bond donors (Lipinski definition) is 0. The molecular formula is C19H21NO3. The highest BCUT2D eigenvalue weighted by atomic mass is 16.5. The van der Waals surface area contributed by atoms with E-state index in [2.05, 4.69) is 4.99 Å². The van der Waals surface area contributed by atoms with Crippen LogP contribution in [-0.2, 0) is 0 Å². The smallest absolute Gasteiger partial charge is 0.184 e. The molecule has 0 aliphatic heterocycles. The molecule has 23 heavy (non-hydrogen) atoms. The lowest BCUT2D eigenvalue weighted by Crippen LogP contribution is -2.08. The van der Waals surface area contributed by atoms with Crippen molar-refractivity contribution in [1.82, 2.24) is 0 Å². The highest BCUT2D eigenvalue weighted by Gasteiger charge is 2.10. The highest BCUT2D eigenvalue weighted by Crippen LogP contribution is 2.25. The fraction of sp³-hybridized carbons (Fsp3) is 0.263. The molecule has 2 aromatic rings. The number of nitrogens with zero attached hydrogens (tertiary/aromatic N) is 1. The van der Waals surface area contributed by atoms with E-state index in [9.17, 15) is 4.79 Å². The van der Waals surface area contributed by atoms with E-state index in [1.165, 1.54) is 0 Å². The molecule has 2 aromatic carbocycles. The molecule has 0 aliphatic carbocycles. The first kappa shape index (κ1) is 16.7. The average Bonchev–Trinajstić information content (AvgIpc) is 2.59. The summed E-state index contributed by atoms with van der Waals surface area (Å²) in [5.74, 6) is 1.40. The predicted octanol–water partition coefficient (Wildman–Crippen LogP) is 3.70. The Bertz CT molecular complexity index is 735. The molecule has 0 amide bonds. The lowest BCUT2D eigenvalue weighted by Gasteiger charge is -2.10. The molecule has 0 saturated carbocycles. The van der Waals surface area contributed by atoms with Crippen molar-refractivity contribution < 1.29 is 14.3 Å². The summed E-state index contributed by atoms with van der Waals surface area (Å²) >= 11 is 0. The quantitative estimate of drug-likeness (QED) is 0.603. The van der Waals surface area contributed by atoms with Crippen molar-refractivity contribution in [3.8, 4) is 11.5 Å². The predicted molar refractivity (Wildman–Crippen MR) is 92.1 cm³/mol. The maximum atomic E-state index is 12.3. The number of benzene rings is 2. The second-order valence-corrected chi connectivity index (χ2v) is 5.21. The van der Waals surface area contributed by atoms with Gasteiger partial charge < -0.3 is 9.47 Å². The minimum Gasteiger partial charge on any atom is -0.497 e. The summed E-state index contributed by atoms with van der Waals surface area (Å²) in [6.45, 7) is 3.91. The number of carbonyl (C=O) groups is 1. The zero-order valence-corrected chi connectivity index (χ0v) is 13.9. The van der Waals surface area contributed by atoms with E-state index in [-0.39, 0.29) is 12.3 Å². The number of methoxy groups -OCH3 is 2. The third-order valence-corrected chi connectivity index (χ3v) is 3.70. The standard InChI is InChI=1S/C19H21NO3/c1-13-7-5-6-8-16(13)18(21)12-20-14(2)17-10-9-15(22-3)11-19(17)23-4/h5-11H,12H2,1-4H3. The molecule has 0 N–H and O–H groups in total. The van der Waals surface area contributed by atoms with Crippen molar-refractivity contribution in [1.29, 1.82) is 0 Å². The van der Waals surface area contributed by atoms with E-state index in [0.29, 0.717) is 11.3 Å². The van der Waals surface area contributed by atoms with Crippen molar-refractivity contribution in [2.24, 2.45) is 4.99 Å². The molecule has 0 saturated heterocycles. The molecule has 0 radical (unpaired) electrons. The van der Waals surface area contributed by atoms with E-state index in [1.54, 1.807) is 20.3 Å². The van der Waals surface area contributed by atoms with E-state index >= 15 is 0 Å². The van der Waals surface area contributed by atoms with Crippen molar-refractivity contribution in [3.63, 3.8) is 0 Å². The minimum atomic E-state index is 0.00919. The van der Waals surface area contributed by atoms with E-state index < -0.39 is 0 Å². The topological polar surface area (TPSA) is 47.9 Å². The maximum absolute atomic E-state index is 12.3. The van der Waals surface area contributed by atoms with Gasteiger partial charge in [0.1, 0.15) is 18.0 Å². The zero-order valence-electron chi connectivity index (χ0n) is 13.9. The first-order chi connectivity index (χ1) is 11.1. The maximum Gasteiger partial charge on any atom is 0.184 e. The van der Waals surface area contributed by atoms with Crippen LogP contribution < -0.4 is 9.47 Å². The molecule has 4 heteroatoms. The second-order valence-electron chi connectivity index (χ2n) is 5.21. The van der Waals surface area contributed by atoms with Crippen molar-refractivity contribution >= 4 is 11.5 Å². The van der Waals surface area contributed by atoms with Crippen LogP contribution in [0, 0.1) is 6.92 Å². The third kappa shape index (κ3) is 3.97. The van der Waals surface area contributed by atoms with Gasteiger partial charge in [-0.1, -0.05) is 24.3 Å². The van der Waals surface area contributed by atoms with Crippen LogP contribution in [0.25, 0.3) is 0 Å². The van der Waals surface area contributed by atoms with Gasteiger partial charge in [-0.15, -0.1) is 0 Å². The number of ether oxygens (including phenoxy) is 2. The largest absolute Gasteiger partial charge is 0.497 e. The van der Waals surface area contributed by atoms with Crippen molar-refractivity contribution in [2.75, 3.05) is 20.8 Å². The number of Topliss-reactive ketones (excluding diaryl/α,β-unsaturated/α-hetero) is 1. The Morgan fingerprint density at radius 1 is 1.04 bits per heavy atom. The molecule has 0 atom stereocenters. The van der Waals surface area contributed by atoms with Gasteiger partial charge in [0.05, 0.1) is 14.2 Å². The first-order valence-corrected chi connectivity index (χ1v) is 7.39. The van der Waals surface area contributed by atoms with Crippen LogP contribution in [0.1, 0.15) is 28.4 Å². The summed E-state index contributed by atoms with van der Waals surface area (Å²) in [6.07, 6.45) is 0. The highest BCUT2D eigenvalue weighted by molar-refractivity contribution is 6.04. The van der Waals surface area contributed by atoms with Gasteiger partial charge in [0.25, 0.3) is 0 Å². The molecule has 0 spiro atoms. The molecule has 120 valence electrons. The molecular weight excluding hydrogens is 290 g/mol. The summed E-state index contributed by atoms with van der Waals surface area (Å²) in [5, 5.41) is 0. The van der Waals surface area contributed by atoms with Gasteiger partial charge in [-0.05, 0) is 31.5 Å². The molecule has 2 rings (SSSR count). The van der Waals surface area contributed by atoms with Gasteiger partial charge >= 0.3 is 0 Å². The Morgan fingerprint density at radius 3 is 2.43 bits per heavy atom. The van der Waals surface area contributed by atoms with Gasteiger partial charge in [0.15, 0.2) is 5.78 Å². The van der Waals surface area contributed by atoms with Crippen LogP contribution in [-0.4, -0.2) is 32.3 Å². The summed E-state index contributed by atoms with van der Waals surface area (Å²) in [7, 11) is 3.21. The zero-order chi connectivity index (χ0) is 16.8. The Morgan fingerprint density at radius 2 is 1.78 bits per heavy atom. The average molecular weight is 311 g/mol. The summed E-state index contributed by atoms with van der Waals surface area (Å²) in [4.78, 5) is 16.7. The summed E-state index contributed by atoms with van der Waals surface area (Å²) in [6, 6.07) is 13.1. The number of ketones is 1. The van der Waals surface area contributed by atoms with Crippen molar-refractivity contribution in [2.45, 2.75) is 13.8 Å². The third-order valence-electron chi connectivity index (χ3n) is 3.70. The number of hydrogen-bond acceptors (Lipinski definition) is 4. The van der Waals surface area contributed by atoms with Crippen LogP contribution >= 0.6 is 0 Å². The molecule has 0 aromatic heterocycles. The van der Waals surface area contributed by atoms with Crippen LogP contribution in [0.15, 0.2) is 47.5 Å². The Labute approximate surface area is 136 Å². The van der Waals surface area contributed by atoms with Crippen LogP contribution in [0.5, 0.6) is 11.5 Å². The molecule has 0 heterocycles. The van der Waals surface area contributed by atoms with Crippen molar-refractivity contribution in [3.05, 3.63) is 59.2 Å². The van der Waals surface area contributed by atoms with Gasteiger partial charge in [-0.3, -0.25) is 9.79 Å².